The highest BCUT2D eigenvalue weighted by Crippen LogP contribution is 2.43. The Hall–Kier alpha value is -3.80. The summed E-state index contributed by atoms with van der Waals surface area (Å²) >= 11 is 0. The fourth-order valence-corrected chi connectivity index (χ4v) is 3.90. The molecular formula is C25H23NO5. The molecule has 4 rings (SSSR count). The van der Waals surface area contributed by atoms with Gasteiger partial charge in [-0.3, -0.25) is 14.5 Å². The highest BCUT2D eigenvalue weighted by atomic mass is 16.5. The van der Waals surface area contributed by atoms with Gasteiger partial charge in [-0.15, -0.1) is 0 Å². The van der Waals surface area contributed by atoms with Crippen LogP contribution in [0.4, 0.5) is 5.69 Å². The number of aliphatic hydroxyl groups excluding tert-OH is 1. The van der Waals surface area contributed by atoms with Gasteiger partial charge in [0.25, 0.3) is 11.7 Å². The first kappa shape index (κ1) is 20.5. The molecule has 0 aliphatic carbocycles. The van der Waals surface area contributed by atoms with Crippen LogP contribution in [0.25, 0.3) is 5.76 Å². The minimum absolute atomic E-state index is 0.00763. The predicted molar refractivity (Wildman–Crippen MR) is 117 cm³/mol. The zero-order chi connectivity index (χ0) is 22.1. The summed E-state index contributed by atoms with van der Waals surface area (Å²) in [6.07, 6.45) is 1.48. The summed E-state index contributed by atoms with van der Waals surface area (Å²) < 4.78 is 11.1. The average molecular weight is 417 g/mol. The number of benzene rings is 2. The SMILES string of the molecule is CCOc1ccc(/C(O)=C2/C(=O)C(=O)N(c3ccccc3C)C2c2ccco2)cc1C. The lowest BCUT2D eigenvalue weighted by Gasteiger charge is -2.24. The third kappa shape index (κ3) is 3.50. The molecule has 2 aromatic carbocycles. The molecule has 158 valence electrons. The number of para-hydroxylation sites is 1. The number of ether oxygens (including phenoxy) is 1. The van der Waals surface area contributed by atoms with E-state index in [1.807, 2.05) is 32.9 Å². The van der Waals surface area contributed by atoms with Crippen LogP contribution in [-0.2, 0) is 9.59 Å². The summed E-state index contributed by atoms with van der Waals surface area (Å²) in [4.78, 5) is 27.6. The zero-order valence-electron chi connectivity index (χ0n) is 17.6. The van der Waals surface area contributed by atoms with Gasteiger partial charge in [0.15, 0.2) is 0 Å². The molecule has 6 heteroatoms. The quantitative estimate of drug-likeness (QED) is 0.362. The second kappa shape index (κ2) is 8.14. The molecule has 1 aliphatic heterocycles. The third-order valence-corrected chi connectivity index (χ3v) is 5.38. The first-order valence-corrected chi connectivity index (χ1v) is 10.1. The van der Waals surface area contributed by atoms with E-state index in [9.17, 15) is 14.7 Å². The number of carbonyl (C=O) groups excluding carboxylic acids is 2. The number of aryl methyl sites for hydroxylation is 2. The molecule has 1 amide bonds. The number of rotatable bonds is 5. The lowest BCUT2D eigenvalue weighted by Crippen LogP contribution is -2.29. The molecular weight excluding hydrogens is 394 g/mol. The summed E-state index contributed by atoms with van der Waals surface area (Å²) in [5.74, 6) is -0.621. The van der Waals surface area contributed by atoms with Gasteiger partial charge in [0.1, 0.15) is 23.3 Å². The van der Waals surface area contributed by atoms with Gasteiger partial charge in [0.05, 0.1) is 18.4 Å². The summed E-state index contributed by atoms with van der Waals surface area (Å²) in [5.41, 5.74) is 2.66. The van der Waals surface area contributed by atoms with Crippen LogP contribution in [-0.4, -0.2) is 23.4 Å². The number of aliphatic hydroxyl groups is 1. The Morgan fingerprint density at radius 2 is 1.84 bits per heavy atom. The molecule has 0 radical (unpaired) electrons. The van der Waals surface area contributed by atoms with E-state index in [0.29, 0.717) is 29.4 Å². The lowest BCUT2D eigenvalue weighted by atomic mass is 9.98. The topological polar surface area (TPSA) is 80.0 Å². The van der Waals surface area contributed by atoms with E-state index >= 15 is 0 Å². The first-order valence-electron chi connectivity index (χ1n) is 10.1. The normalized spacial score (nSPS) is 17.9. The Labute approximate surface area is 180 Å². The Balaban J connectivity index is 1.90. The molecule has 1 fully saturated rings. The third-order valence-electron chi connectivity index (χ3n) is 5.38. The number of Topliss-reactive ketones (excluding diaryl/α,β-unsaturated/α-hetero) is 1. The van der Waals surface area contributed by atoms with Crippen molar-refractivity contribution in [3.8, 4) is 5.75 Å². The fraction of sp³-hybridized carbons (Fsp3) is 0.200. The molecule has 0 saturated carbocycles. The first-order chi connectivity index (χ1) is 14.9. The Morgan fingerprint density at radius 3 is 2.48 bits per heavy atom. The van der Waals surface area contributed by atoms with Crippen molar-refractivity contribution in [2.45, 2.75) is 26.8 Å². The van der Waals surface area contributed by atoms with Crippen molar-refractivity contribution in [3.63, 3.8) is 0 Å². The van der Waals surface area contributed by atoms with Crippen LogP contribution in [0.1, 0.15) is 35.4 Å². The standard InChI is InChI=1S/C25H23NO5/c1-4-30-19-12-11-17(14-16(19)3)23(27)21-22(20-10-7-13-31-20)26(25(29)24(21)28)18-9-6-5-8-15(18)2/h5-14,22,27H,4H2,1-3H3/b23-21-. The van der Waals surface area contributed by atoms with Crippen molar-refractivity contribution in [3.05, 3.63) is 88.9 Å². The summed E-state index contributed by atoms with van der Waals surface area (Å²) in [6, 6.07) is 15.0. The average Bonchev–Trinajstić information content (AvgIpc) is 3.37. The summed E-state index contributed by atoms with van der Waals surface area (Å²) in [6.45, 7) is 6.14. The van der Waals surface area contributed by atoms with Crippen LogP contribution in [0.15, 0.2) is 70.9 Å². The van der Waals surface area contributed by atoms with Crippen molar-refractivity contribution in [2.24, 2.45) is 0 Å². The van der Waals surface area contributed by atoms with Crippen LogP contribution in [0.3, 0.4) is 0 Å². The van der Waals surface area contributed by atoms with Crippen molar-refractivity contribution in [2.75, 3.05) is 11.5 Å². The number of ketones is 1. The molecule has 1 atom stereocenters. The predicted octanol–water partition coefficient (Wildman–Crippen LogP) is 4.92. The molecule has 31 heavy (non-hydrogen) atoms. The lowest BCUT2D eigenvalue weighted by molar-refractivity contribution is -0.132. The van der Waals surface area contributed by atoms with Crippen LogP contribution in [0.2, 0.25) is 0 Å². The van der Waals surface area contributed by atoms with Gasteiger partial charge in [-0.25, -0.2) is 0 Å². The Bertz CT molecular complexity index is 1180. The van der Waals surface area contributed by atoms with E-state index in [0.717, 1.165) is 11.1 Å². The van der Waals surface area contributed by atoms with Gasteiger partial charge in [-0.1, -0.05) is 18.2 Å². The number of amides is 1. The van der Waals surface area contributed by atoms with Gasteiger partial charge in [0.2, 0.25) is 0 Å². The van der Waals surface area contributed by atoms with Gasteiger partial charge in [0, 0.05) is 11.3 Å². The van der Waals surface area contributed by atoms with E-state index in [1.165, 1.54) is 11.2 Å². The summed E-state index contributed by atoms with van der Waals surface area (Å²) in [7, 11) is 0. The summed E-state index contributed by atoms with van der Waals surface area (Å²) in [5, 5.41) is 11.2. The van der Waals surface area contributed by atoms with Gasteiger partial charge >= 0.3 is 0 Å². The second-order valence-corrected chi connectivity index (χ2v) is 7.38. The van der Waals surface area contributed by atoms with Crippen LogP contribution >= 0.6 is 0 Å². The van der Waals surface area contributed by atoms with E-state index in [1.54, 1.807) is 42.5 Å². The number of furan rings is 1. The minimum atomic E-state index is -0.872. The number of hydrogen-bond acceptors (Lipinski definition) is 5. The van der Waals surface area contributed by atoms with Crippen molar-refractivity contribution >= 4 is 23.1 Å². The molecule has 0 spiro atoms. The fourth-order valence-electron chi connectivity index (χ4n) is 3.90. The molecule has 1 aliphatic rings. The minimum Gasteiger partial charge on any atom is -0.507 e. The monoisotopic (exact) mass is 417 g/mol. The van der Waals surface area contributed by atoms with E-state index < -0.39 is 17.7 Å². The van der Waals surface area contributed by atoms with E-state index in [-0.39, 0.29) is 11.3 Å². The number of hydrogen-bond donors (Lipinski definition) is 1. The molecule has 0 bridgehead atoms. The number of nitrogens with zero attached hydrogens (tertiary/aromatic N) is 1. The maximum atomic E-state index is 13.1. The van der Waals surface area contributed by atoms with Gasteiger partial charge in [-0.05, 0) is 68.3 Å². The van der Waals surface area contributed by atoms with Crippen LogP contribution < -0.4 is 9.64 Å². The van der Waals surface area contributed by atoms with Crippen LogP contribution in [0, 0.1) is 13.8 Å². The van der Waals surface area contributed by atoms with E-state index in [4.69, 9.17) is 9.15 Å². The van der Waals surface area contributed by atoms with Crippen molar-refractivity contribution < 1.29 is 23.8 Å². The second-order valence-electron chi connectivity index (χ2n) is 7.38. The largest absolute Gasteiger partial charge is 0.507 e. The molecule has 1 unspecified atom stereocenters. The Kier molecular flexibility index (Phi) is 5.38. The highest BCUT2D eigenvalue weighted by molar-refractivity contribution is 6.51. The maximum Gasteiger partial charge on any atom is 0.300 e. The molecule has 6 nitrogen and oxygen atoms in total. The van der Waals surface area contributed by atoms with Crippen LogP contribution in [0.5, 0.6) is 5.75 Å². The molecule has 1 saturated heterocycles. The van der Waals surface area contributed by atoms with Gasteiger partial charge < -0.3 is 14.3 Å². The molecule has 2 heterocycles. The Morgan fingerprint density at radius 1 is 1.06 bits per heavy atom. The van der Waals surface area contributed by atoms with E-state index in [2.05, 4.69) is 0 Å². The molecule has 1 aromatic heterocycles. The molecule has 1 N–H and O–H groups in total. The number of carbonyl (C=O) groups is 2. The van der Waals surface area contributed by atoms with Gasteiger partial charge in [-0.2, -0.15) is 0 Å². The smallest absolute Gasteiger partial charge is 0.300 e. The van der Waals surface area contributed by atoms with Crippen molar-refractivity contribution in [1.82, 2.24) is 0 Å². The number of anilines is 1. The highest BCUT2D eigenvalue weighted by Gasteiger charge is 2.48. The maximum absolute atomic E-state index is 13.1. The zero-order valence-corrected chi connectivity index (χ0v) is 17.6. The molecule has 3 aromatic rings. The van der Waals surface area contributed by atoms with Crippen molar-refractivity contribution in [1.29, 1.82) is 0 Å².